The normalized spacial score (nSPS) is 12.6. The first-order chi connectivity index (χ1) is 20.2. The fourth-order valence-corrected chi connectivity index (χ4v) is 5.23. The van der Waals surface area contributed by atoms with Gasteiger partial charge in [0.05, 0.1) is 11.6 Å². The van der Waals surface area contributed by atoms with Gasteiger partial charge in [-0.05, 0) is 90.1 Å². The van der Waals surface area contributed by atoms with Crippen LogP contribution in [0.5, 0.6) is 0 Å². The first-order valence-corrected chi connectivity index (χ1v) is 16.1. The van der Waals surface area contributed by atoms with E-state index in [0.717, 1.165) is 11.5 Å². The summed E-state index contributed by atoms with van der Waals surface area (Å²) in [5.41, 5.74) is 11.8. The van der Waals surface area contributed by atoms with Crippen molar-refractivity contribution in [1.82, 2.24) is 4.98 Å². The third-order valence-corrected chi connectivity index (χ3v) is 7.95. The molecule has 2 N–H and O–H groups in total. The molecule has 42 heavy (non-hydrogen) atoms. The number of benzene rings is 2. The van der Waals surface area contributed by atoms with E-state index in [1.807, 2.05) is 24.4 Å². The molecular formula is C39H57N3. The standard InChI is InChI=1S/C21H25N.C11H17N.C5H10.C2H5N/c1-4-13-21(3,14-5-2)20-11-9-18(10-12-20)19-8-6-7-17(15-19)16-22;1-4-5-10(3)11-7-6-9(2)8-12-11;1-2-5-3-4-5;1-2-3/h6-12,15H,4-5,13-14H2,1-3H3;6-8,10H,4-5H2,1-3H3;5H,2-4H2,1H3;2H,1,3H2. The van der Waals surface area contributed by atoms with E-state index in [0.29, 0.717) is 11.5 Å². The second-order valence-corrected chi connectivity index (χ2v) is 11.9. The van der Waals surface area contributed by atoms with Crippen molar-refractivity contribution in [3.05, 3.63) is 102 Å². The Balaban J connectivity index is 0.000000365. The lowest BCUT2D eigenvalue weighted by Gasteiger charge is -2.30. The third-order valence-electron chi connectivity index (χ3n) is 7.95. The van der Waals surface area contributed by atoms with Crippen molar-refractivity contribution in [2.75, 3.05) is 0 Å². The second-order valence-electron chi connectivity index (χ2n) is 11.9. The molecule has 0 spiro atoms. The van der Waals surface area contributed by atoms with Gasteiger partial charge in [-0.25, -0.2) is 0 Å². The van der Waals surface area contributed by atoms with E-state index in [2.05, 4.69) is 114 Å². The number of aromatic nitrogens is 1. The van der Waals surface area contributed by atoms with Crippen molar-refractivity contribution in [2.24, 2.45) is 11.7 Å². The Morgan fingerprint density at radius 1 is 0.976 bits per heavy atom. The maximum Gasteiger partial charge on any atom is 0.0991 e. The van der Waals surface area contributed by atoms with Gasteiger partial charge < -0.3 is 5.73 Å². The van der Waals surface area contributed by atoms with Crippen LogP contribution in [0.1, 0.15) is 128 Å². The predicted octanol–water partition coefficient (Wildman–Crippen LogP) is 11.3. The van der Waals surface area contributed by atoms with E-state index in [4.69, 9.17) is 5.26 Å². The van der Waals surface area contributed by atoms with E-state index in [-0.39, 0.29) is 5.41 Å². The highest BCUT2D eigenvalue weighted by molar-refractivity contribution is 5.65. The molecule has 2 aromatic carbocycles. The summed E-state index contributed by atoms with van der Waals surface area (Å²) < 4.78 is 0. The van der Waals surface area contributed by atoms with Gasteiger partial charge in [-0.1, -0.05) is 129 Å². The minimum Gasteiger partial charge on any atom is -0.405 e. The molecule has 1 heterocycles. The Morgan fingerprint density at radius 3 is 2.02 bits per heavy atom. The quantitative estimate of drug-likeness (QED) is 0.265. The van der Waals surface area contributed by atoms with Crippen molar-refractivity contribution < 1.29 is 0 Å². The van der Waals surface area contributed by atoms with Crippen molar-refractivity contribution in [3.63, 3.8) is 0 Å². The second kappa shape index (κ2) is 20.5. The molecule has 3 nitrogen and oxygen atoms in total. The van der Waals surface area contributed by atoms with Gasteiger partial charge in [0.25, 0.3) is 0 Å². The zero-order valence-corrected chi connectivity index (χ0v) is 27.6. The topological polar surface area (TPSA) is 62.7 Å². The summed E-state index contributed by atoms with van der Waals surface area (Å²) >= 11 is 0. The maximum absolute atomic E-state index is 9.03. The Morgan fingerprint density at radius 2 is 1.60 bits per heavy atom. The summed E-state index contributed by atoms with van der Waals surface area (Å²) in [7, 11) is 0. The smallest absolute Gasteiger partial charge is 0.0991 e. The molecule has 1 saturated carbocycles. The van der Waals surface area contributed by atoms with Crippen LogP contribution < -0.4 is 5.73 Å². The van der Waals surface area contributed by atoms with Gasteiger partial charge in [-0.3, -0.25) is 4.98 Å². The van der Waals surface area contributed by atoms with Crippen LogP contribution in [0.4, 0.5) is 0 Å². The van der Waals surface area contributed by atoms with Crippen molar-refractivity contribution in [3.8, 4) is 17.2 Å². The molecule has 0 bridgehead atoms. The minimum absolute atomic E-state index is 0.274. The van der Waals surface area contributed by atoms with E-state index in [9.17, 15) is 0 Å². The van der Waals surface area contributed by atoms with Crippen molar-refractivity contribution in [2.45, 2.75) is 118 Å². The number of aryl methyl sites for hydroxylation is 1. The molecule has 4 rings (SSSR count). The van der Waals surface area contributed by atoms with E-state index < -0.39 is 0 Å². The predicted molar refractivity (Wildman–Crippen MR) is 183 cm³/mol. The number of rotatable bonds is 10. The SMILES string of the molecule is C=CN.CCC1CC1.CCCC(C)(CCC)c1ccc(-c2cccc(C#N)c2)cc1.CCCC(C)c1ccc(C)cn1. The van der Waals surface area contributed by atoms with Crippen LogP contribution in [0.25, 0.3) is 11.1 Å². The van der Waals surface area contributed by atoms with Gasteiger partial charge in [0.15, 0.2) is 0 Å². The number of nitriles is 1. The van der Waals surface area contributed by atoms with Crippen LogP contribution in [0.15, 0.2) is 79.6 Å². The number of nitrogens with zero attached hydrogens (tertiary/aromatic N) is 2. The van der Waals surface area contributed by atoms with Crippen LogP contribution in [-0.2, 0) is 5.41 Å². The fourth-order valence-electron chi connectivity index (χ4n) is 5.23. The average molecular weight is 568 g/mol. The molecule has 0 saturated heterocycles. The van der Waals surface area contributed by atoms with Crippen LogP contribution in [0.2, 0.25) is 0 Å². The van der Waals surface area contributed by atoms with E-state index in [1.54, 1.807) is 0 Å². The molecular weight excluding hydrogens is 510 g/mol. The molecule has 1 aliphatic rings. The van der Waals surface area contributed by atoms with Gasteiger partial charge >= 0.3 is 0 Å². The highest BCUT2D eigenvalue weighted by atomic mass is 14.7. The van der Waals surface area contributed by atoms with Crippen LogP contribution in [0.3, 0.4) is 0 Å². The molecule has 3 aromatic rings. The summed E-state index contributed by atoms with van der Waals surface area (Å²) in [5, 5.41) is 9.03. The largest absolute Gasteiger partial charge is 0.405 e. The minimum atomic E-state index is 0.274. The molecule has 1 fully saturated rings. The molecule has 1 aromatic heterocycles. The molecule has 1 atom stereocenters. The summed E-state index contributed by atoms with van der Waals surface area (Å²) in [4.78, 5) is 4.40. The third kappa shape index (κ3) is 13.5. The molecule has 228 valence electrons. The lowest BCUT2D eigenvalue weighted by molar-refractivity contribution is 0.392. The van der Waals surface area contributed by atoms with Gasteiger partial charge in [-0.2, -0.15) is 5.26 Å². The maximum atomic E-state index is 9.03. The fraction of sp³-hybridized carbons (Fsp3) is 0.487. The average Bonchev–Trinajstić information content (AvgIpc) is 3.84. The van der Waals surface area contributed by atoms with Gasteiger partial charge in [-0.15, -0.1) is 0 Å². The van der Waals surface area contributed by atoms with Crippen LogP contribution >= 0.6 is 0 Å². The molecule has 1 unspecified atom stereocenters. The number of hydrogen-bond acceptors (Lipinski definition) is 3. The molecule has 0 aliphatic heterocycles. The van der Waals surface area contributed by atoms with Gasteiger partial charge in [0, 0.05) is 11.9 Å². The Kier molecular flexibility index (Phi) is 17.9. The molecule has 3 heteroatoms. The number of pyridine rings is 1. The lowest BCUT2D eigenvalue weighted by atomic mass is 9.75. The summed E-state index contributed by atoms with van der Waals surface area (Å²) in [6.07, 6.45) is 15.0. The number of nitrogens with two attached hydrogens (primary N) is 1. The Labute approximate surface area is 258 Å². The molecule has 1 aliphatic carbocycles. The Bertz CT molecular complexity index is 1160. The van der Waals surface area contributed by atoms with Crippen molar-refractivity contribution >= 4 is 0 Å². The van der Waals surface area contributed by atoms with Gasteiger partial charge in [0.2, 0.25) is 0 Å². The van der Waals surface area contributed by atoms with Gasteiger partial charge in [0.1, 0.15) is 0 Å². The summed E-state index contributed by atoms with van der Waals surface area (Å²) in [6, 6.07) is 23.2. The first-order valence-electron chi connectivity index (χ1n) is 16.1. The highest BCUT2D eigenvalue weighted by Crippen LogP contribution is 2.35. The zero-order chi connectivity index (χ0) is 31.4. The van der Waals surface area contributed by atoms with Crippen LogP contribution in [0, 0.1) is 24.2 Å². The van der Waals surface area contributed by atoms with E-state index >= 15 is 0 Å². The first kappa shape index (κ1) is 36.6. The zero-order valence-electron chi connectivity index (χ0n) is 27.6. The van der Waals surface area contributed by atoms with E-state index in [1.165, 1.54) is 86.4 Å². The lowest BCUT2D eigenvalue weighted by Crippen LogP contribution is -2.21. The number of hydrogen-bond donors (Lipinski definition) is 1. The molecule has 0 amide bonds. The van der Waals surface area contributed by atoms with Crippen LogP contribution in [-0.4, -0.2) is 4.98 Å². The van der Waals surface area contributed by atoms with Crippen molar-refractivity contribution in [1.29, 1.82) is 5.26 Å². The monoisotopic (exact) mass is 567 g/mol. The molecule has 0 radical (unpaired) electrons. The Hall–Kier alpha value is -3.38. The summed E-state index contributed by atoms with van der Waals surface area (Å²) in [5.74, 6) is 1.74. The highest BCUT2D eigenvalue weighted by Gasteiger charge is 2.24. The summed E-state index contributed by atoms with van der Waals surface area (Å²) in [6.45, 7) is 18.8.